The number of allylic oxidation sites excluding steroid dienone is 2. The van der Waals surface area contributed by atoms with Crippen molar-refractivity contribution in [3.05, 3.63) is 46.4 Å². The van der Waals surface area contributed by atoms with E-state index in [1.54, 1.807) is 14.2 Å². The highest BCUT2D eigenvalue weighted by molar-refractivity contribution is 5.53. The molecule has 0 saturated carbocycles. The minimum absolute atomic E-state index is 0.375. The van der Waals surface area contributed by atoms with Gasteiger partial charge in [-0.1, -0.05) is 25.0 Å². The Morgan fingerprint density at radius 1 is 1.10 bits per heavy atom. The standard InChI is InChI=1S/C22H32O7/c1-5-6-7-14-11-17(28-3)19(18(12-14)29-4)16-10-13(2)8-9-15(16)20(21(23)24)22(25,26)27/h10-12,15-16,23-27H,5-9H2,1-4H3. The third-order valence-corrected chi connectivity index (χ3v) is 5.48. The molecule has 0 saturated heterocycles. The number of unbranched alkanes of at least 4 members (excludes halogenated alkanes) is 1. The van der Waals surface area contributed by atoms with Gasteiger partial charge in [0.1, 0.15) is 17.1 Å². The summed E-state index contributed by atoms with van der Waals surface area (Å²) >= 11 is 0. The molecule has 0 aromatic heterocycles. The second-order valence-corrected chi connectivity index (χ2v) is 7.57. The van der Waals surface area contributed by atoms with Crippen molar-refractivity contribution in [2.75, 3.05) is 14.2 Å². The molecule has 0 radical (unpaired) electrons. The normalized spacial score (nSPS) is 19.5. The van der Waals surface area contributed by atoms with Crippen LogP contribution < -0.4 is 9.47 Å². The minimum atomic E-state index is -3.36. The monoisotopic (exact) mass is 408 g/mol. The molecular weight excluding hydrogens is 376 g/mol. The van der Waals surface area contributed by atoms with Crippen molar-refractivity contribution in [2.24, 2.45) is 5.92 Å². The highest BCUT2D eigenvalue weighted by Gasteiger charge is 2.42. The maximum atomic E-state index is 9.77. The molecule has 29 heavy (non-hydrogen) atoms. The first-order valence-corrected chi connectivity index (χ1v) is 9.85. The lowest BCUT2D eigenvalue weighted by molar-refractivity contribution is -0.289. The zero-order valence-electron chi connectivity index (χ0n) is 17.5. The molecule has 2 unspecified atom stereocenters. The van der Waals surface area contributed by atoms with Crippen LogP contribution in [0.15, 0.2) is 35.3 Å². The molecule has 2 rings (SSSR count). The Labute approximate surface area is 171 Å². The Bertz CT molecular complexity index is 745. The molecule has 2 atom stereocenters. The van der Waals surface area contributed by atoms with Gasteiger partial charge in [-0.05, 0) is 50.3 Å². The number of rotatable bonds is 8. The first-order chi connectivity index (χ1) is 13.6. The highest BCUT2D eigenvalue weighted by atomic mass is 16.7. The largest absolute Gasteiger partial charge is 0.496 e. The molecule has 1 aliphatic carbocycles. The number of aliphatic hydroxyl groups excluding tert-OH is 1. The van der Waals surface area contributed by atoms with Crippen LogP contribution in [0.5, 0.6) is 11.5 Å². The van der Waals surface area contributed by atoms with Crippen molar-refractivity contribution < 1.29 is 35.0 Å². The van der Waals surface area contributed by atoms with Crippen LogP contribution in [0.4, 0.5) is 0 Å². The smallest absolute Gasteiger partial charge is 0.307 e. The van der Waals surface area contributed by atoms with Gasteiger partial charge >= 0.3 is 5.97 Å². The summed E-state index contributed by atoms with van der Waals surface area (Å²) in [6, 6.07) is 3.85. The summed E-state index contributed by atoms with van der Waals surface area (Å²) in [7, 11) is 3.09. The fourth-order valence-corrected chi connectivity index (χ4v) is 4.09. The first kappa shape index (κ1) is 23.1. The highest BCUT2D eigenvalue weighted by Crippen LogP contribution is 2.49. The Morgan fingerprint density at radius 3 is 2.14 bits per heavy atom. The topological polar surface area (TPSA) is 120 Å². The van der Waals surface area contributed by atoms with E-state index in [2.05, 4.69) is 6.92 Å². The predicted octanol–water partition coefficient (Wildman–Crippen LogP) is 3.44. The molecule has 7 nitrogen and oxygen atoms in total. The molecular formula is C22H32O7. The van der Waals surface area contributed by atoms with Crippen molar-refractivity contribution in [2.45, 2.75) is 57.8 Å². The van der Waals surface area contributed by atoms with Gasteiger partial charge in [0.05, 0.1) is 14.2 Å². The van der Waals surface area contributed by atoms with Crippen LogP contribution in [0, 0.1) is 5.92 Å². The molecule has 0 aliphatic heterocycles. The number of aliphatic hydroxyl groups is 5. The molecule has 162 valence electrons. The van der Waals surface area contributed by atoms with Crippen LogP contribution in [0.25, 0.3) is 0 Å². The number of methoxy groups -OCH3 is 2. The van der Waals surface area contributed by atoms with E-state index in [0.717, 1.165) is 30.4 Å². The quantitative estimate of drug-likeness (QED) is 0.254. The third-order valence-electron chi connectivity index (χ3n) is 5.48. The third kappa shape index (κ3) is 5.23. The average Bonchev–Trinajstić information content (AvgIpc) is 2.65. The Kier molecular flexibility index (Phi) is 7.57. The molecule has 1 aliphatic rings. The number of ether oxygens (including phenoxy) is 2. The summed E-state index contributed by atoms with van der Waals surface area (Å²) in [6.45, 7) is 4.06. The van der Waals surface area contributed by atoms with E-state index in [4.69, 9.17) is 9.47 Å². The van der Waals surface area contributed by atoms with Crippen LogP contribution in [-0.2, 0) is 6.42 Å². The van der Waals surface area contributed by atoms with Crippen LogP contribution in [0.2, 0.25) is 0 Å². The predicted molar refractivity (Wildman–Crippen MR) is 109 cm³/mol. The molecule has 0 amide bonds. The summed E-state index contributed by atoms with van der Waals surface area (Å²) in [6.07, 6.45) is 5.82. The SMILES string of the molecule is CCCCc1cc(OC)c(C2C=C(C)CCC2C(=C(O)O)C(O)(O)O)c(OC)c1. The molecule has 7 heteroatoms. The fourth-order valence-electron chi connectivity index (χ4n) is 4.09. The van der Waals surface area contributed by atoms with Crippen molar-refractivity contribution >= 4 is 0 Å². The van der Waals surface area contributed by atoms with Crippen molar-refractivity contribution in [3.8, 4) is 11.5 Å². The second kappa shape index (κ2) is 9.52. The van der Waals surface area contributed by atoms with Gasteiger partial charge in [0.2, 0.25) is 0 Å². The molecule has 0 fully saturated rings. The number of hydrogen-bond donors (Lipinski definition) is 5. The number of aryl methyl sites for hydroxylation is 1. The average molecular weight is 408 g/mol. The van der Waals surface area contributed by atoms with E-state index in [-0.39, 0.29) is 0 Å². The van der Waals surface area contributed by atoms with E-state index in [0.29, 0.717) is 29.9 Å². The zero-order valence-corrected chi connectivity index (χ0v) is 17.5. The van der Waals surface area contributed by atoms with E-state index < -0.39 is 29.3 Å². The molecule has 5 N–H and O–H groups in total. The summed E-state index contributed by atoms with van der Waals surface area (Å²) in [4.78, 5) is 0. The van der Waals surface area contributed by atoms with Gasteiger partial charge < -0.3 is 35.0 Å². The minimum Gasteiger partial charge on any atom is -0.496 e. The summed E-state index contributed by atoms with van der Waals surface area (Å²) in [5, 5.41) is 48.7. The Balaban J connectivity index is 2.67. The maximum Gasteiger partial charge on any atom is 0.307 e. The molecule has 0 spiro atoms. The Hall–Kier alpha value is -2.22. The lowest BCUT2D eigenvalue weighted by Crippen LogP contribution is -2.38. The van der Waals surface area contributed by atoms with Crippen molar-refractivity contribution in [1.82, 2.24) is 0 Å². The van der Waals surface area contributed by atoms with E-state index in [1.165, 1.54) is 0 Å². The summed E-state index contributed by atoms with van der Waals surface area (Å²) < 4.78 is 11.3. The lowest BCUT2D eigenvalue weighted by Gasteiger charge is -2.35. The van der Waals surface area contributed by atoms with Gasteiger partial charge in [-0.2, -0.15) is 0 Å². The van der Waals surface area contributed by atoms with Crippen LogP contribution in [0.1, 0.15) is 56.6 Å². The van der Waals surface area contributed by atoms with E-state index in [9.17, 15) is 25.5 Å². The van der Waals surface area contributed by atoms with E-state index in [1.807, 2.05) is 25.1 Å². The van der Waals surface area contributed by atoms with Crippen LogP contribution in [-0.4, -0.2) is 45.7 Å². The molecule has 1 aromatic carbocycles. The van der Waals surface area contributed by atoms with Gasteiger partial charge in [0.15, 0.2) is 0 Å². The van der Waals surface area contributed by atoms with Crippen LogP contribution >= 0.6 is 0 Å². The second-order valence-electron chi connectivity index (χ2n) is 7.57. The maximum absolute atomic E-state index is 9.77. The Morgan fingerprint density at radius 2 is 1.69 bits per heavy atom. The van der Waals surface area contributed by atoms with Gasteiger partial charge in [0, 0.05) is 17.4 Å². The van der Waals surface area contributed by atoms with Crippen molar-refractivity contribution in [3.63, 3.8) is 0 Å². The molecule has 1 aromatic rings. The van der Waals surface area contributed by atoms with Crippen molar-refractivity contribution in [1.29, 1.82) is 0 Å². The zero-order chi connectivity index (χ0) is 21.8. The van der Waals surface area contributed by atoms with E-state index >= 15 is 0 Å². The molecule has 0 bridgehead atoms. The lowest BCUT2D eigenvalue weighted by atomic mass is 9.72. The van der Waals surface area contributed by atoms with Gasteiger partial charge in [-0.15, -0.1) is 0 Å². The van der Waals surface area contributed by atoms with Gasteiger partial charge in [-0.3, -0.25) is 0 Å². The van der Waals surface area contributed by atoms with Gasteiger partial charge in [0.25, 0.3) is 5.95 Å². The van der Waals surface area contributed by atoms with Crippen LogP contribution in [0.3, 0.4) is 0 Å². The summed E-state index contributed by atoms with van der Waals surface area (Å²) in [5.74, 6) is -4.85. The number of benzene rings is 1. The first-order valence-electron chi connectivity index (χ1n) is 9.85. The summed E-state index contributed by atoms with van der Waals surface area (Å²) in [5.41, 5.74) is 2.12. The number of hydrogen-bond acceptors (Lipinski definition) is 7. The van der Waals surface area contributed by atoms with Gasteiger partial charge in [-0.25, -0.2) is 0 Å². The molecule has 0 heterocycles. The fraction of sp³-hybridized carbons (Fsp3) is 0.545.